The average Bonchev–Trinajstić information content (AvgIpc) is 3.07. The van der Waals surface area contributed by atoms with Crippen LogP contribution in [-0.4, -0.2) is 16.1 Å². The van der Waals surface area contributed by atoms with Gasteiger partial charge in [0.2, 0.25) is 0 Å². The van der Waals surface area contributed by atoms with Crippen LogP contribution in [0.1, 0.15) is 5.56 Å². The number of anilines is 1. The summed E-state index contributed by atoms with van der Waals surface area (Å²) in [5, 5.41) is 5.50. The van der Waals surface area contributed by atoms with Crippen molar-refractivity contribution in [3.63, 3.8) is 0 Å². The van der Waals surface area contributed by atoms with Gasteiger partial charge in [-0.3, -0.25) is 0 Å². The number of fused-ring (bicyclic) bond motifs is 2. The molecule has 1 aliphatic rings. The van der Waals surface area contributed by atoms with Crippen molar-refractivity contribution in [3.05, 3.63) is 35.2 Å². The summed E-state index contributed by atoms with van der Waals surface area (Å²) in [6.07, 6.45) is 1.12. The quantitative estimate of drug-likeness (QED) is 0.723. The van der Waals surface area contributed by atoms with E-state index in [0.717, 1.165) is 24.3 Å². The number of hydrogen-bond acceptors (Lipinski definition) is 3. The molecule has 0 amide bonds. The highest BCUT2D eigenvalue weighted by Gasteiger charge is 2.16. The van der Waals surface area contributed by atoms with E-state index in [4.69, 9.17) is 4.98 Å². The second-order valence-corrected chi connectivity index (χ2v) is 5.59. The van der Waals surface area contributed by atoms with Crippen molar-refractivity contribution >= 4 is 28.1 Å². The number of hydrogen-bond donors (Lipinski definition) is 1. The van der Waals surface area contributed by atoms with E-state index in [2.05, 4.69) is 46.6 Å². The molecule has 2 aromatic heterocycles. The zero-order chi connectivity index (χ0) is 12.1. The Balaban J connectivity index is 2.00. The first-order valence-electron chi connectivity index (χ1n) is 6.10. The van der Waals surface area contributed by atoms with Gasteiger partial charge in [0.25, 0.3) is 0 Å². The lowest BCUT2D eigenvalue weighted by molar-refractivity contribution is 0.961. The fourth-order valence-corrected chi connectivity index (χ4v) is 3.36. The zero-order valence-corrected chi connectivity index (χ0v) is 10.9. The molecule has 0 bridgehead atoms. The van der Waals surface area contributed by atoms with Crippen LogP contribution in [0.5, 0.6) is 0 Å². The lowest BCUT2D eigenvalue weighted by Crippen LogP contribution is -1.90. The molecule has 0 spiro atoms. The average molecular weight is 255 g/mol. The van der Waals surface area contributed by atoms with Crippen molar-refractivity contribution in [2.24, 2.45) is 7.05 Å². The molecule has 3 heterocycles. The molecule has 3 aromatic rings. The summed E-state index contributed by atoms with van der Waals surface area (Å²) in [6.45, 7) is 1.05. The number of aryl methyl sites for hydroxylation is 1. The van der Waals surface area contributed by atoms with Gasteiger partial charge in [-0.25, -0.2) is 4.98 Å². The number of nitrogens with one attached hydrogen (secondary N) is 1. The maximum Gasteiger partial charge on any atom is 0.150 e. The summed E-state index contributed by atoms with van der Waals surface area (Å²) < 4.78 is 2.19. The molecule has 0 atom stereocenters. The van der Waals surface area contributed by atoms with Gasteiger partial charge in [-0.1, -0.05) is 6.07 Å². The van der Waals surface area contributed by atoms with E-state index in [0.29, 0.717) is 0 Å². The third-order valence-corrected chi connectivity index (χ3v) is 4.42. The summed E-state index contributed by atoms with van der Waals surface area (Å²) >= 11 is 1.73. The molecule has 18 heavy (non-hydrogen) atoms. The second kappa shape index (κ2) is 3.59. The predicted octanol–water partition coefficient (Wildman–Crippen LogP) is 3.27. The summed E-state index contributed by atoms with van der Waals surface area (Å²) in [7, 11) is 2.10. The summed E-state index contributed by atoms with van der Waals surface area (Å²) in [5.74, 6) is 1.06. The van der Waals surface area contributed by atoms with Crippen LogP contribution in [0.4, 0.5) is 5.69 Å². The molecule has 3 nitrogen and oxygen atoms in total. The maximum absolute atomic E-state index is 4.77. The van der Waals surface area contributed by atoms with Gasteiger partial charge < -0.3 is 9.88 Å². The van der Waals surface area contributed by atoms with Gasteiger partial charge in [-0.15, -0.1) is 11.3 Å². The van der Waals surface area contributed by atoms with Gasteiger partial charge in [0.1, 0.15) is 0 Å². The molecule has 0 unspecified atom stereocenters. The standard InChI is InChI=1S/C14H13N3S/c1-17-12-7-9-4-5-15-10(9)8-11(12)16-14(17)13-3-2-6-18-13/h2-3,6-8,15H,4-5H2,1H3. The Labute approximate surface area is 109 Å². The molecular weight excluding hydrogens is 242 g/mol. The highest BCUT2D eigenvalue weighted by atomic mass is 32.1. The van der Waals surface area contributed by atoms with E-state index < -0.39 is 0 Å². The van der Waals surface area contributed by atoms with Gasteiger partial charge >= 0.3 is 0 Å². The third kappa shape index (κ3) is 1.32. The molecule has 1 aromatic carbocycles. The maximum atomic E-state index is 4.77. The van der Waals surface area contributed by atoms with Crippen LogP contribution in [0.2, 0.25) is 0 Å². The third-order valence-electron chi connectivity index (χ3n) is 3.56. The molecule has 4 rings (SSSR count). The van der Waals surface area contributed by atoms with E-state index >= 15 is 0 Å². The van der Waals surface area contributed by atoms with Crippen LogP contribution in [0.25, 0.3) is 21.7 Å². The number of thiophene rings is 1. The molecule has 0 aliphatic carbocycles. The first-order chi connectivity index (χ1) is 8.83. The van der Waals surface area contributed by atoms with Gasteiger partial charge in [-0.2, -0.15) is 0 Å². The Morgan fingerprint density at radius 1 is 1.39 bits per heavy atom. The zero-order valence-electron chi connectivity index (χ0n) is 10.1. The normalized spacial score (nSPS) is 13.8. The van der Waals surface area contributed by atoms with Gasteiger partial charge in [0, 0.05) is 19.3 Å². The van der Waals surface area contributed by atoms with Crippen LogP contribution in [0.3, 0.4) is 0 Å². The Morgan fingerprint density at radius 3 is 3.17 bits per heavy atom. The summed E-state index contributed by atoms with van der Waals surface area (Å²) in [6, 6.07) is 8.64. The highest BCUT2D eigenvalue weighted by molar-refractivity contribution is 7.13. The lowest BCUT2D eigenvalue weighted by atomic mass is 10.1. The first-order valence-corrected chi connectivity index (χ1v) is 6.98. The van der Waals surface area contributed by atoms with E-state index in [1.165, 1.54) is 21.6 Å². The number of nitrogens with zero attached hydrogens (tertiary/aromatic N) is 2. The van der Waals surface area contributed by atoms with E-state index in [9.17, 15) is 0 Å². The number of aromatic nitrogens is 2. The van der Waals surface area contributed by atoms with Crippen molar-refractivity contribution in [1.29, 1.82) is 0 Å². The van der Waals surface area contributed by atoms with Crippen molar-refractivity contribution in [2.75, 3.05) is 11.9 Å². The minimum Gasteiger partial charge on any atom is -0.384 e. The largest absolute Gasteiger partial charge is 0.384 e. The first kappa shape index (κ1) is 10.1. The molecule has 4 heteroatoms. The SMILES string of the molecule is Cn1c(-c2cccs2)nc2cc3c(cc21)CCN3. The molecule has 1 aliphatic heterocycles. The van der Waals surface area contributed by atoms with Crippen molar-refractivity contribution < 1.29 is 0 Å². The number of benzene rings is 1. The Morgan fingerprint density at radius 2 is 2.33 bits per heavy atom. The number of rotatable bonds is 1. The van der Waals surface area contributed by atoms with Gasteiger partial charge in [0.05, 0.1) is 15.9 Å². The highest BCUT2D eigenvalue weighted by Crippen LogP contribution is 2.32. The lowest BCUT2D eigenvalue weighted by Gasteiger charge is -2.01. The van der Waals surface area contributed by atoms with Crippen molar-refractivity contribution in [1.82, 2.24) is 9.55 Å². The van der Waals surface area contributed by atoms with Crippen LogP contribution in [-0.2, 0) is 13.5 Å². The van der Waals surface area contributed by atoms with Crippen LogP contribution in [0.15, 0.2) is 29.6 Å². The Kier molecular flexibility index (Phi) is 2.02. The van der Waals surface area contributed by atoms with Crippen LogP contribution in [0, 0.1) is 0 Å². The fourth-order valence-electron chi connectivity index (χ4n) is 2.61. The monoisotopic (exact) mass is 255 g/mol. The van der Waals surface area contributed by atoms with E-state index in [1.807, 2.05) is 0 Å². The van der Waals surface area contributed by atoms with Crippen LogP contribution >= 0.6 is 11.3 Å². The van der Waals surface area contributed by atoms with Crippen molar-refractivity contribution in [3.8, 4) is 10.7 Å². The molecular formula is C14H13N3S. The van der Waals surface area contributed by atoms with E-state index in [1.54, 1.807) is 11.3 Å². The fraction of sp³-hybridized carbons (Fsp3) is 0.214. The summed E-state index contributed by atoms with van der Waals surface area (Å²) in [4.78, 5) is 5.99. The van der Waals surface area contributed by atoms with Gasteiger partial charge in [-0.05, 0) is 35.6 Å². The van der Waals surface area contributed by atoms with Crippen LogP contribution < -0.4 is 5.32 Å². The molecule has 0 radical (unpaired) electrons. The van der Waals surface area contributed by atoms with E-state index in [-0.39, 0.29) is 0 Å². The molecule has 1 N–H and O–H groups in total. The Hall–Kier alpha value is -1.81. The molecule has 0 saturated carbocycles. The second-order valence-electron chi connectivity index (χ2n) is 4.65. The predicted molar refractivity (Wildman–Crippen MR) is 76.2 cm³/mol. The van der Waals surface area contributed by atoms with Crippen molar-refractivity contribution in [2.45, 2.75) is 6.42 Å². The smallest absolute Gasteiger partial charge is 0.150 e. The van der Waals surface area contributed by atoms with Gasteiger partial charge in [0.15, 0.2) is 5.82 Å². The minimum absolute atomic E-state index is 1.05. The number of imidazole rings is 1. The Bertz CT molecular complexity index is 725. The minimum atomic E-state index is 1.05. The molecule has 90 valence electrons. The topological polar surface area (TPSA) is 29.9 Å². The summed E-state index contributed by atoms with van der Waals surface area (Å²) in [5.41, 5.74) is 4.96. The molecule has 0 fully saturated rings. The molecule has 0 saturated heterocycles.